The van der Waals surface area contributed by atoms with Crippen molar-refractivity contribution in [1.29, 1.82) is 0 Å². The smallest absolute Gasteiger partial charge is 0.188 e. The van der Waals surface area contributed by atoms with E-state index < -0.39 is 0 Å². The van der Waals surface area contributed by atoms with E-state index in [0.29, 0.717) is 42.9 Å². The molecule has 5 fully saturated rings. The Kier molecular flexibility index (Phi) is 6.50. The number of benzene rings is 1. The minimum atomic E-state index is -0.235. The van der Waals surface area contributed by atoms with Gasteiger partial charge in [-0.1, -0.05) is 0 Å². The first-order valence-corrected chi connectivity index (χ1v) is 13.4. The first-order chi connectivity index (χ1) is 16.9. The minimum Gasteiger partial charge on any atom is -0.487 e. The molecule has 5 aliphatic heterocycles. The van der Waals surface area contributed by atoms with Gasteiger partial charge >= 0.3 is 0 Å². The van der Waals surface area contributed by atoms with Crippen molar-refractivity contribution < 1.29 is 28.4 Å². The van der Waals surface area contributed by atoms with Crippen LogP contribution in [-0.2, 0) is 25.5 Å². The van der Waals surface area contributed by atoms with Gasteiger partial charge in [-0.3, -0.25) is 4.90 Å². The van der Waals surface area contributed by atoms with Crippen molar-refractivity contribution in [2.75, 3.05) is 27.8 Å². The van der Waals surface area contributed by atoms with E-state index >= 15 is 0 Å². The van der Waals surface area contributed by atoms with E-state index in [1.54, 1.807) is 14.2 Å². The van der Waals surface area contributed by atoms with Crippen LogP contribution in [0.15, 0.2) is 12.1 Å². The average Bonchev–Trinajstić information content (AvgIpc) is 2.82. The van der Waals surface area contributed by atoms with Gasteiger partial charge in [0.1, 0.15) is 23.9 Å². The molecular formula is C28H41NO6. The van der Waals surface area contributed by atoms with E-state index in [-0.39, 0.29) is 18.5 Å². The van der Waals surface area contributed by atoms with E-state index in [2.05, 4.69) is 30.9 Å². The highest BCUT2D eigenvalue weighted by Gasteiger charge is 2.50. The van der Waals surface area contributed by atoms with Crippen LogP contribution in [0.25, 0.3) is 0 Å². The highest BCUT2D eigenvalue weighted by molar-refractivity contribution is 5.53. The van der Waals surface area contributed by atoms with Crippen LogP contribution < -0.4 is 9.47 Å². The molecule has 7 rings (SSSR count). The van der Waals surface area contributed by atoms with Crippen molar-refractivity contribution in [2.24, 2.45) is 5.92 Å². The van der Waals surface area contributed by atoms with Crippen LogP contribution in [0.1, 0.15) is 75.8 Å². The van der Waals surface area contributed by atoms with Crippen LogP contribution in [0, 0.1) is 5.92 Å². The lowest BCUT2D eigenvalue weighted by Crippen LogP contribution is -2.61. The zero-order valence-corrected chi connectivity index (χ0v) is 21.7. The van der Waals surface area contributed by atoms with E-state index in [0.717, 1.165) is 37.3 Å². The van der Waals surface area contributed by atoms with Crippen LogP contribution in [0.4, 0.5) is 0 Å². The number of hydrogen-bond donors (Lipinski definition) is 0. The zero-order chi connectivity index (χ0) is 24.2. The molecule has 0 aromatic heterocycles. The molecule has 0 radical (unpaired) electrons. The van der Waals surface area contributed by atoms with Gasteiger partial charge in [-0.05, 0) is 76.5 Å². The third-order valence-corrected chi connectivity index (χ3v) is 9.18. The van der Waals surface area contributed by atoms with E-state index in [4.69, 9.17) is 28.4 Å². The predicted molar refractivity (Wildman–Crippen MR) is 131 cm³/mol. The first kappa shape index (κ1) is 24.0. The average molecular weight is 488 g/mol. The van der Waals surface area contributed by atoms with Gasteiger partial charge < -0.3 is 28.4 Å². The van der Waals surface area contributed by atoms with Crippen LogP contribution in [0.5, 0.6) is 11.5 Å². The topological polar surface area (TPSA) is 58.6 Å². The third-order valence-electron chi connectivity index (χ3n) is 9.18. The van der Waals surface area contributed by atoms with Gasteiger partial charge in [0.15, 0.2) is 6.79 Å². The summed E-state index contributed by atoms with van der Waals surface area (Å²) in [6, 6.07) is 5.79. The summed E-state index contributed by atoms with van der Waals surface area (Å²) in [5, 5.41) is 0. The molecule has 1 saturated carbocycles. The lowest BCUT2D eigenvalue weighted by Gasteiger charge is -2.56. The molecule has 0 spiro atoms. The quantitative estimate of drug-likeness (QED) is 0.497. The normalized spacial score (nSPS) is 37.0. The molecule has 0 N–H and O–H groups in total. The highest BCUT2D eigenvalue weighted by Crippen LogP contribution is 2.55. The lowest BCUT2D eigenvalue weighted by atomic mass is 9.65. The number of nitrogens with zero attached hydrogens (tertiary/aromatic N) is 1. The third kappa shape index (κ3) is 4.48. The summed E-state index contributed by atoms with van der Waals surface area (Å²) >= 11 is 0. The summed E-state index contributed by atoms with van der Waals surface area (Å²) in [6.45, 7) is 5.99. The van der Waals surface area contributed by atoms with Crippen LogP contribution in [0.3, 0.4) is 0 Å². The van der Waals surface area contributed by atoms with Crippen molar-refractivity contribution in [3.63, 3.8) is 0 Å². The number of fused-ring (bicyclic) bond motifs is 3. The maximum atomic E-state index is 6.75. The fraction of sp³-hybridized carbons (Fsp3) is 0.786. The Morgan fingerprint density at radius 3 is 2.34 bits per heavy atom. The van der Waals surface area contributed by atoms with Gasteiger partial charge in [0.05, 0.1) is 18.3 Å². The molecular weight excluding hydrogens is 446 g/mol. The molecule has 6 aliphatic rings. The number of methoxy groups -OCH3 is 2. The number of ether oxygens (including phenoxy) is 6. The van der Waals surface area contributed by atoms with Crippen molar-refractivity contribution in [2.45, 2.75) is 107 Å². The van der Waals surface area contributed by atoms with Gasteiger partial charge in [0.2, 0.25) is 0 Å². The van der Waals surface area contributed by atoms with Gasteiger partial charge in [-0.2, -0.15) is 0 Å². The lowest BCUT2D eigenvalue weighted by molar-refractivity contribution is -0.184. The maximum absolute atomic E-state index is 6.75. The second-order valence-corrected chi connectivity index (χ2v) is 11.8. The van der Waals surface area contributed by atoms with E-state index in [1.165, 1.54) is 36.8 Å². The van der Waals surface area contributed by atoms with Crippen LogP contribution in [-0.4, -0.2) is 68.7 Å². The fourth-order valence-corrected chi connectivity index (χ4v) is 7.80. The van der Waals surface area contributed by atoms with Gasteiger partial charge in [-0.25, -0.2) is 0 Å². The predicted octanol–water partition coefficient (Wildman–Crippen LogP) is 4.61. The summed E-state index contributed by atoms with van der Waals surface area (Å²) < 4.78 is 35.7. The Bertz CT molecular complexity index is 891. The number of hydrogen-bond acceptors (Lipinski definition) is 7. The van der Waals surface area contributed by atoms with Crippen molar-refractivity contribution >= 4 is 0 Å². The van der Waals surface area contributed by atoms with Crippen molar-refractivity contribution in [3.8, 4) is 11.5 Å². The molecule has 35 heavy (non-hydrogen) atoms. The Labute approximate surface area is 209 Å². The molecule has 1 aliphatic carbocycles. The fourth-order valence-electron chi connectivity index (χ4n) is 7.80. The molecule has 7 heteroatoms. The monoisotopic (exact) mass is 487 g/mol. The summed E-state index contributed by atoms with van der Waals surface area (Å²) in [4.78, 5) is 2.73. The highest BCUT2D eigenvalue weighted by atomic mass is 16.7. The second kappa shape index (κ2) is 9.49. The second-order valence-electron chi connectivity index (χ2n) is 11.8. The van der Waals surface area contributed by atoms with E-state index in [1.807, 2.05) is 0 Å². The summed E-state index contributed by atoms with van der Waals surface area (Å²) in [5.41, 5.74) is 2.22. The van der Waals surface area contributed by atoms with Gasteiger partial charge in [0.25, 0.3) is 0 Å². The molecule has 0 amide bonds. The Morgan fingerprint density at radius 1 is 0.943 bits per heavy atom. The Morgan fingerprint density at radius 2 is 1.66 bits per heavy atom. The van der Waals surface area contributed by atoms with Gasteiger partial charge in [-0.15, -0.1) is 0 Å². The maximum Gasteiger partial charge on any atom is 0.188 e. The van der Waals surface area contributed by atoms with Crippen LogP contribution in [0.2, 0.25) is 0 Å². The molecule has 0 unspecified atom stereocenters. The van der Waals surface area contributed by atoms with Crippen molar-refractivity contribution in [1.82, 2.24) is 4.90 Å². The zero-order valence-electron chi connectivity index (χ0n) is 21.7. The van der Waals surface area contributed by atoms with Gasteiger partial charge in [0, 0.05) is 50.2 Å². The SMILES string of the molecule is COCOc1cc(CN2C3CC4CC2CC(C3)O4)cc2c1[C@@H]1C[C@H](OCOC)CC[C@H]1C(C)(C)O2. The molecule has 3 atom stereocenters. The van der Waals surface area contributed by atoms with Crippen molar-refractivity contribution in [3.05, 3.63) is 23.3 Å². The molecule has 7 nitrogen and oxygen atoms in total. The Hall–Kier alpha value is -1.38. The minimum absolute atomic E-state index is 0.189. The largest absolute Gasteiger partial charge is 0.487 e. The molecule has 4 bridgehead atoms. The molecule has 194 valence electrons. The Balaban J connectivity index is 1.31. The first-order valence-electron chi connectivity index (χ1n) is 13.4. The number of rotatable bonds is 8. The molecule has 5 heterocycles. The molecule has 4 saturated heterocycles. The number of piperidine rings is 2. The molecule has 1 aromatic rings. The molecule has 1 aromatic carbocycles. The van der Waals surface area contributed by atoms with Crippen LogP contribution >= 0.6 is 0 Å². The summed E-state index contributed by atoms with van der Waals surface area (Å²) in [5.74, 6) is 2.62. The summed E-state index contributed by atoms with van der Waals surface area (Å²) in [7, 11) is 3.36. The summed E-state index contributed by atoms with van der Waals surface area (Å²) in [6.07, 6.45) is 8.85. The standard InChI is InChI=1S/C28H41NO6/c1-28(2)24-6-5-20(32-15-30-3)13-23(24)27-25(33-16-31-4)7-17(8-26(27)35-28)14-29-18-9-21-11-19(29)12-22(10-18)34-21/h7-8,18-24H,5-6,9-16H2,1-4H3/t18?,19?,20-,21?,22?,23-,24-/m1/s1. The van der Waals surface area contributed by atoms with E-state index in [9.17, 15) is 0 Å².